The molecule has 1 aliphatic carbocycles. The number of benzene rings is 1. The Hall–Kier alpha value is -2.24. The molecular weight excluding hydrogens is 314 g/mol. The molecule has 0 radical (unpaired) electrons. The maximum Gasteiger partial charge on any atom is 0.246 e. The van der Waals surface area contributed by atoms with Gasteiger partial charge in [0.05, 0.1) is 6.04 Å². The number of fused-ring (bicyclic) bond motifs is 3. The average molecular weight is 337 g/mol. The maximum absolute atomic E-state index is 12.1. The number of methoxy groups -OCH3 is 1. The molecular formula is C20H23N3O2. The number of rotatable bonds is 5. The van der Waals surface area contributed by atoms with Gasteiger partial charge in [-0.15, -0.1) is 0 Å². The van der Waals surface area contributed by atoms with Crippen LogP contribution in [0.4, 0.5) is 0 Å². The van der Waals surface area contributed by atoms with Crippen LogP contribution in [0.2, 0.25) is 0 Å². The van der Waals surface area contributed by atoms with Gasteiger partial charge in [-0.1, -0.05) is 24.3 Å². The Morgan fingerprint density at radius 1 is 1.20 bits per heavy atom. The number of aromatic nitrogens is 1. The van der Waals surface area contributed by atoms with Crippen molar-refractivity contribution < 1.29 is 9.53 Å². The summed E-state index contributed by atoms with van der Waals surface area (Å²) in [4.78, 5) is 18.7. The zero-order chi connectivity index (χ0) is 17.2. The van der Waals surface area contributed by atoms with Crippen molar-refractivity contribution >= 4 is 5.91 Å². The fourth-order valence-electron chi connectivity index (χ4n) is 4.35. The molecule has 2 aromatic rings. The quantitative estimate of drug-likeness (QED) is 0.908. The highest BCUT2D eigenvalue weighted by Gasteiger charge is 2.46. The Balaban J connectivity index is 1.54. The van der Waals surface area contributed by atoms with E-state index in [1.165, 1.54) is 16.7 Å². The van der Waals surface area contributed by atoms with Gasteiger partial charge in [-0.3, -0.25) is 14.7 Å². The van der Waals surface area contributed by atoms with E-state index in [0.29, 0.717) is 11.8 Å². The Kier molecular flexibility index (Phi) is 4.51. The van der Waals surface area contributed by atoms with Gasteiger partial charge in [-0.25, -0.2) is 0 Å². The first kappa shape index (κ1) is 16.2. The molecule has 0 saturated carbocycles. The van der Waals surface area contributed by atoms with Crippen molar-refractivity contribution in [2.45, 2.75) is 18.5 Å². The number of carbonyl (C=O) groups excluding carboxylic acids is 1. The molecule has 5 heteroatoms. The molecule has 0 spiro atoms. The SMILES string of the molecule is COCC(=O)N[C@@H]1c2ccccc2[C@@H]2CN(Cc3ccncc3)C[C@H]12. The van der Waals surface area contributed by atoms with E-state index in [4.69, 9.17) is 4.74 Å². The van der Waals surface area contributed by atoms with Crippen molar-refractivity contribution in [3.63, 3.8) is 0 Å². The van der Waals surface area contributed by atoms with Gasteiger partial charge < -0.3 is 10.1 Å². The van der Waals surface area contributed by atoms with Gasteiger partial charge >= 0.3 is 0 Å². The highest BCUT2D eigenvalue weighted by Crippen LogP contribution is 2.49. The second kappa shape index (κ2) is 6.94. The summed E-state index contributed by atoms with van der Waals surface area (Å²) in [6.45, 7) is 3.05. The van der Waals surface area contributed by atoms with Gasteiger partial charge in [0, 0.05) is 51.0 Å². The van der Waals surface area contributed by atoms with E-state index in [1.54, 1.807) is 7.11 Å². The normalized spacial score (nSPS) is 24.8. The number of amides is 1. The van der Waals surface area contributed by atoms with E-state index in [0.717, 1.165) is 19.6 Å². The summed E-state index contributed by atoms with van der Waals surface area (Å²) in [6, 6.07) is 12.7. The van der Waals surface area contributed by atoms with Crippen LogP contribution in [0.15, 0.2) is 48.8 Å². The van der Waals surface area contributed by atoms with Gasteiger partial charge in [0.2, 0.25) is 5.91 Å². The molecule has 130 valence electrons. The number of hydrogen-bond acceptors (Lipinski definition) is 4. The number of ether oxygens (including phenoxy) is 1. The fourth-order valence-corrected chi connectivity index (χ4v) is 4.35. The number of likely N-dealkylation sites (tertiary alicyclic amines) is 1. The number of hydrogen-bond donors (Lipinski definition) is 1. The van der Waals surface area contributed by atoms with Crippen molar-refractivity contribution in [3.8, 4) is 0 Å². The van der Waals surface area contributed by atoms with E-state index in [1.807, 2.05) is 12.4 Å². The smallest absolute Gasteiger partial charge is 0.246 e. The van der Waals surface area contributed by atoms with Gasteiger partial charge in [0.25, 0.3) is 0 Å². The predicted molar refractivity (Wildman–Crippen MR) is 94.9 cm³/mol. The third-order valence-electron chi connectivity index (χ3n) is 5.35. The minimum absolute atomic E-state index is 0.0458. The van der Waals surface area contributed by atoms with Gasteiger partial charge in [-0.05, 0) is 28.8 Å². The molecule has 1 fully saturated rings. The van der Waals surface area contributed by atoms with Crippen LogP contribution in [-0.4, -0.2) is 42.6 Å². The monoisotopic (exact) mass is 337 g/mol. The molecule has 1 saturated heterocycles. The average Bonchev–Trinajstić information content (AvgIpc) is 3.15. The molecule has 1 aromatic heterocycles. The molecule has 1 amide bonds. The Labute approximate surface area is 148 Å². The number of nitrogens with zero attached hydrogens (tertiary/aromatic N) is 2. The van der Waals surface area contributed by atoms with Crippen molar-refractivity contribution in [3.05, 3.63) is 65.5 Å². The lowest BCUT2D eigenvalue weighted by Gasteiger charge is -2.23. The fraction of sp³-hybridized carbons (Fsp3) is 0.400. The minimum Gasteiger partial charge on any atom is -0.375 e. The Morgan fingerprint density at radius 3 is 2.72 bits per heavy atom. The molecule has 4 rings (SSSR count). The van der Waals surface area contributed by atoms with E-state index in [2.05, 4.69) is 51.6 Å². The first-order chi connectivity index (χ1) is 12.3. The molecule has 1 aromatic carbocycles. The van der Waals surface area contributed by atoms with Crippen LogP contribution in [0, 0.1) is 5.92 Å². The highest BCUT2D eigenvalue weighted by atomic mass is 16.5. The van der Waals surface area contributed by atoms with Crippen LogP contribution < -0.4 is 5.32 Å². The first-order valence-corrected chi connectivity index (χ1v) is 8.74. The summed E-state index contributed by atoms with van der Waals surface area (Å²) in [7, 11) is 1.55. The molecule has 2 heterocycles. The van der Waals surface area contributed by atoms with Crippen LogP contribution in [0.1, 0.15) is 28.7 Å². The van der Waals surface area contributed by atoms with E-state index < -0.39 is 0 Å². The molecule has 1 N–H and O–H groups in total. The molecule has 25 heavy (non-hydrogen) atoms. The lowest BCUT2D eigenvalue weighted by Crippen LogP contribution is -2.35. The van der Waals surface area contributed by atoms with Crippen LogP contribution >= 0.6 is 0 Å². The van der Waals surface area contributed by atoms with Crippen molar-refractivity contribution in [1.29, 1.82) is 0 Å². The standard InChI is InChI=1S/C20H23N3O2/c1-25-13-19(24)22-20-16-5-3-2-4-15(16)17-11-23(12-18(17)20)10-14-6-8-21-9-7-14/h2-9,17-18,20H,10-13H2,1H3,(H,22,24)/t17-,18-,20+/m0/s1. The summed E-state index contributed by atoms with van der Waals surface area (Å²) in [5, 5.41) is 3.19. The van der Waals surface area contributed by atoms with Crippen LogP contribution in [0.25, 0.3) is 0 Å². The van der Waals surface area contributed by atoms with E-state index in [9.17, 15) is 4.79 Å². The highest BCUT2D eigenvalue weighted by molar-refractivity contribution is 5.78. The molecule has 5 nitrogen and oxygen atoms in total. The molecule has 1 aliphatic heterocycles. The van der Waals surface area contributed by atoms with Gasteiger partial charge in [-0.2, -0.15) is 0 Å². The molecule has 3 atom stereocenters. The maximum atomic E-state index is 12.1. The van der Waals surface area contributed by atoms with Crippen LogP contribution in [-0.2, 0) is 16.1 Å². The molecule has 0 unspecified atom stereocenters. The summed E-state index contributed by atoms with van der Waals surface area (Å²) in [6.07, 6.45) is 3.69. The van der Waals surface area contributed by atoms with Crippen LogP contribution in [0.5, 0.6) is 0 Å². The molecule has 2 aliphatic rings. The lowest BCUT2D eigenvalue weighted by atomic mass is 9.94. The second-order valence-electron chi connectivity index (χ2n) is 6.93. The number of pyridine rings is 1. The lowest BCUT2D eigenvalue weighted by molar-refractivity contribution is -0.125. The Morgan fingerprint density at radius 2 is 1.96 bits per heavy atom. The van der Waals surface area contributed by atoms with Gasteiger partial charge in [0.1, 0.15) is 6.61 Å². The zero-order valence-corrected chi connectivity index (χ0v) is 14.4. The Bertz CT molecular complexity index is 750. The summed E-state index contributed by atoms with van der Waals surface area (Å²) in [5.41, 5.74) is 3.93. The topological polar surface area (TPSA) is 54.5 Å². The van der Waals surface area contributed by atoms with Crippen molar-refractivity contribution in [1.82, 2.24) is 15.2 Å². The predicted octanol–water partition coefficient (Wildman–Crippen LogP) is 2.11. The van der Waals surface area contributed by atoms with Crippen molar-refractivity contribution in [2.24, 2.45) is 5.92 Å². The third-order valence-corrected chi connectivity index (χ3v) is 5.35. The van der Waals surface area contributed by atoms with E-state index >= 15 is 0 Å². The second-order valence-corrected chi connectivity index (χ2v) is 6.93. The van der Waals surface area contributed by atoms with Crippen LogP contribution in [0.3, 0.4) is 0 Å². The zero-order valence-electron chi connectivity index (χ0n) is 14.4. The first-order valence-electron chi connectivity index (χ1n) is 8.74. The summed E-state index contributed by atoms with van der Waals surface area (Å²) >= 11 is 0. The van der Waals surface area contributed by atoms with Crippen molar-refractivity contribution in [2.75, 3.05) is 26.8 Å². The number of carbonyl (C=O) groups is 1. The molecule has 0 bridgehead atoms. The summed E-state index contributed by atoms with van der Waals surface area (Å²) in [5.74, 6) is 0.849. The third kappa shape index (κ3) is 3.17. The summed E-state index contributed by atoms with van der Waals surface area (Å²) < 4.78 is 4.98. The van der Waals surface area contributed by atoms with E-state index in [-0.39, 0.29) is 18.6 Å². The number of nitrogens with one attached hydrogen (secondary N) is 1. The van der Waals surface area contributed by atoms with Gasteiger partial charge in [0.15, 0.2) is 0 Å². The minimum atomic E-state index is -0.0458. The largest absolute Gasteiger partial charge is 0.375 e.